The number of rotatable bonds is 16. The van der Waals surface area contributed by atoms with Gasteiger partial charge in [0.05, 0.1) is 6.04 Å². The van der Waals surface area contributed by atoms with Gasteiger partial charge in [-0.25, -0.2) is 0 Å². The Kier molecular flexibility index (Phi) is 13.9. The van der Waals surface area contributed by atoms with E-state index in [-0.39, 0.29) is 35.6 Å². The van der Waals surface area contributed by atoms with Crippen LogP contribution in [0.5, 0.6) is 0 Å². The van der Waals surface area contributed by atoms with E-state index in [1.807, 2.05) is 20.8 Å². The minimum atomic E-state index is -0.194. The highest BCUT2D eigenvalue weighted by molar-refractivity contribution is 6.05. The van der Waals surface area contributed by atoms with Crippen molar-refractivity contribution in [2.24, 2.45) is 11.8 Å². The van der Waals surface area contributed by atoms with Gasteiger partial charge >= 0.3 is 0 Å². The number of carbonyl (C=O) groups is 3. The molecule has 1 aliphatic rings. The summed E-state index contributed by atoms with van der Waals surface area (Å²) in [5.74, 6) is 4.84. The zero-order chi connectivity index (χ0) is 24.6. The van der Waals surface area contributed by atoms with Crippen LogP contribution in [0.4, 0.5) is 0 Å². The molecular weight excluding hydrogens is 412 g/mol. The maximum Gasteiger partial charge on any atom is 0.253 e. The first-order valence-corrected chi connectivity index (χ1v) is 12.6. The second-order valence-corrected chi connectivity index (χ2v) is 9.12. The number of nitrogens with zero attached hydrogens (tertiary/aromatic N) is 1. The molecule has 0 aliphatic carbocycles. The molecule has 0 unspecified atom stereocenters. The second-order valence-electron chi connectivity index (χ2n) is 9.12. The van der Waals surface area contributed by atoms with E-state index in [4.69, 9.17) is 12.8 Å². The predicted molar refractivity (Wildman–Crippen MR) is 134 cm³/mol. The van der Waals surface area contributed by atoms with Crippen LogP contribution in [0.15, 0.2) is 11.6 Å². The van der Waals surface area contributed by atoms with Crippen LogP contribution < -0.4 is 5.32 Å². The molecule has 0 saturated carbocycles. The molecule has 0 saturated heterocycles. The van der Waals surface area contributed by atoms with Crippen LogP contribution in [0, 0.1) is 36.5 Å². The summed E-state index contributed by atoms with van der Waals surface area (Å²) in [6.45, 7) is 6.48. The highest BCUT2D eigenvalue weighted by atomic mass is 16.2. The van der Waals surface area contributed by atoms with Crippen molar-refractivity contribution < 1.29 is 14.4 Å². The monoisotopic (exact) mass is 454 g/mol. The van der Waals surface area contributed by atoms with E-state index in [1.165, 1.54) is 4.90 Å². The zero-order valence-corrected chi connectivity index (χ0v) is 20.8. The van der Waals surface area contributed by atoms with E-state index in [9.17, 15) is 14.4 Å². The van der Waals surface area contributed by atoms with E-state index < -0.39 is 0 Å². The Hall–Kier alpha value is -2.53. The third-order valence-electron chi connectivity index (χ3n) is 6.42. The van der Waals surface area contributed by atoms with Gasteiger partial charge in [0, 0.05) is 37.3 Å². The van der Waals surface area contributed by atoms with Gasteiger partial charge in [0.2, 0.25) is 11.8 Å². The van der Waals surface area contributed by atoms with Crippen molar-refractivity contribution in [3.63, 3.8) is 0 Å². The fraction of sp³-hybridized carbons (Fsp3) is 0.679. The number of hydrogen-bond donors (Lipinski definition) is 1. The molecule has 3 amide bonds. The maximum atomic E-state index is 13.0. The second kappa shape index (κ2) is 16.1. The van der Waals surface area contributed by atoms with E-state index in [0.29, 0.717) is 6.54 Å². The van der Waals surface area contributed by atoms with Gasteiger partial charge in [-0.3, -0.25) is 19.3 Å². The molecule has 0 radical (unpaired) electrons. The molecule has 0 aromatic heterocycles. The topological polar surface area (TPSA) is 66.5 Å². The molecule has 5 nitrogen and oxygen atoms in total. The Balaban J connectivity index is 2.47. The van der Waals surface area contributed by atoms with E-state index in [2.05, 4.69) is 17.2 Å². The van der Waals surface area contributed by atoms with Gasteiger partial charge in [-0.2, -0.15) is 0 Å². The molecule has 3 atom stereocenters. The van der Waals surface area contributed by atoms with Crippen LogP contribution in [0.1, 0.15) is 97.8 Å². The predicted octanol–water partition coefficient (Wildman–Crippen LogP) is 5.01. The Morgan fingerprint density at radius 2 is 1.61 bits per heavy atom. The Bertz CT molecular complexity index is 756. The lowest BCUT2D eigenvalue weighted by molar-refractivity contribution is -0.145. The third-order valence-corrected chi connectivity index (χ3v) is 6.42. The molecule has 0 aromatic carbocycles. The average molecular weight is 455 g/mol. The number of amides is 3. The summed E-state index contributed by atoms with van der Waals surface area (Å²) in [6, 6.07) is -0.158. The smallest absolute Gasteiger partial charge is 0.253 e. The summed E-state index contributed by atoms with van der Waals surface area (Å²) in [5.41, 5.74) is 1.03. The highest BCUT2D eigenvalue weighted by Gasteiger charge is 2.37. The first kappa shape index (κ1) is 28.5. The standard InChI is InChI=1S/C28H42N2O3/c1-6-9-11-13-17-22(4)27(32)29-20-16-15-19-25-24(8-3)21-26(31)30(25)28(33)23(5)18-14-12-10-7-2/h1-2,21-23,25H,8-20H2,3-5H3,(H,29,32)/t22-,23-,25-/m1/s1. The first-order chi connectivity index (χ1) is 15.9. The molecule has 0 aromatic rings. The van der Waals surface area contributed by atoms with Crippen LogP contribution in [-0.4, -0.2) is 35.2 Å². The molecule has 182 valence electrons. The lowest BCUT2D eigenvalue weighted by atomic mass is 9.97. The number of hydrogen-bond acceptors (Lipinski definition) is 3. The first-order valence-electron chi connectivity index (χ1n) is 12.6. The molecule has 1 aliphatic heterocycles. The van der Waals surface area contributed by atoms with Crippen LogP contribution in [0.3, 0.4) is 0 Å². The lowest BCUT2D eigenvalue weighted by Gasteiger charge is -2.28. The van der Waals surface area contributed by atoms with Crippen molar-refractivity contribution in [3.8, 4) is 24.7 Å². The average Bonchev–Trinajstić information content (AvgIpc) is 3.13. The summed E-state index contributed by atoms with van der Waals surface area (Å²) >= 11 is 0. The highest BCUT2D eigenvalue weighted by Crippen LogP contribution is 2.29. The van der Waals surface area contributed by atoms with Crippen LogP contribution >= 0.6 is 0 Å². The van der Waals surface area contributed by atoms with E-state index in [0.717, 1.165) is 82.6 Å². The number of unbranched alkanes of at least 4 members (excludes halogenated alkanes) is 5. The largest absolute Gasteiger partial charge is 0.356 e. The van der Waals surface area contributed by atoms with Crippen molar-refractivity contribution in [1.29, 1.82) is 0 Å². The third kappa shape index (κ3) is 9.87. The summed E-state index contributed by atoms with van der Waals surface area (Å²) in [6.07, 6.45) is 22.1. The zero-order valence-electron chi connectivity index (χ0n) is 20.8. The molecule has 1 rings (SSSR count). The fourth-order valence-electron chi connectivity index (χ4n) is 4.25. The molecule has 1 heterocycles. The van der Waals surface area contributed by atoms with Gasteiger partial charge in [0.15, 0.2) is 0 Å². The molecule has 0 spiro atoms. The van der Waals surface area contributed by atoms with Crippen molar-refractivity contribution in [3.05, 3.63) is 11.6 Å². The van der Waals surface area contributed by atoms with Crippen molar-refractivity contribution >= 4 is 17.7 Å². The lowest BCUT2D eigenvalue weighted by Crippen LogP contribution is -2.43. The van der Waals surface area contributed by atoms with Crippen molar-refractivity contribution in [2.75, 3.05) is 6.54 Å². The molecule has 0 fully saturated rings. The summed E-state index contributed by atoms with van der Waals surface area (Å²) in [5, 5.41) is 3.01. The normalized spacial score (nSPS) is 17.1. The summed E-state index contributed by atoms with van der Waals surface area (Å²) in [4.78, 5) is 39.3. The minimum absolute atomic E-state index is 0.0138. The molecular formula is C28H42N2O3. The van der Waals surface area contributed by atoms with Gasteiger partial charge < -0.3 is 5.32 Å². The summed E-state index contributed by atoms with van der Waals surface area (Å²) < 4.78 is 0. The molecule has 33 heavy (non-hydrogen) atoms. The number of carbonyl (C=O) groups excluding carboxylic acids is 3. The maximum absolute atomic E-state index is 13.0. The van der Waals surface area contributed by atoms with E-state index >= 15 is 0 Å². The van der Waals surface area contributed by atoms with Crippen molar-refractivity contribution in [2.45, 2.75) is 104 Å². The van der Waals surface area contributed by atoms with Crippen molar-refractivity contribution in [1.82, 2.24) is 10.2 Å². The molecule has 1 N–H and O–H groups in total. The summed E-state index contributed by atoms with van der Waals surface area (Å²) in [7, 11) is 0. The quantitative estimate of drug-likeness (QED) is 0.263. The number of imide groups is 1. The van der Waals surface area contributed by atoms with Gasteiger partial charge in [0.25, 0.3) is 5.91 Å². The minimum Gasteiger partial charge on any atom is -0.356 e. The fourth-order valence-corrected chi connectivity index (χ4v) is 4.25. The van der Waals surface area contributed by atoms with Gasteiger partial charge in [0.1, 0.15) is 0 Å². The van der Waals surface area contributed by atoms with Crippen LogP contribution in [0.2, 0.25) is 0 Å². The molecule has 5 heteroatoms. The van der Waals surface area contributed by atoms with Gasteiger partial charge in [-0.1, -0.05) is 33.6 Å². The van der Waals surface area contributed by atoms with Gasteiger partial charge in [-0.05, 0) is 56.9 Å². The number of terminal acetylenes is 2. The number of nitrogens with one attached hydrogen (secondary N) is 1. The van der Waals surface area contributed by atoms with Gasteiger partial charge in [-0.15, -0.1) is 24.7 Å². The van der Waals surface area contributed by atoms with Crippen LogP contribution in [0.25, 0.3) is 0 Å². The molecule has 0 bridgehead atoms. The Morgan fingerprint density at radius 3 is 2.18 bits per heavy atom. The van der Waals surface area contributed by atoms with E-state index in [1.54, 1.807) is 6.08 Å². The Labute approximate surface area is 201 Å². The SMILES string of the molecule is C#CCCCC[C@@H](C)C(=O)NCCCC[C@@H]1C(CC)=CC(=O)N1C(=O)[C@H](C)CCCCC#C. The van der Waals surface area contributed by atoms with Crippen LogP contribution in [-0.2, 0) is 14.4 Å². The Morgan fingerprint density at radius 1 is 1.00 bits per heavy atom.